The van der Waals surface area contributed by atoms with Crippen molar-refractivity contribution in [2.45, 2.75) is 62.8 Å². The molecule has 13 heteroatoms. The van der Waals surface area contributed by atoms with Gasteiger partial charge in [-0.2, -0.15) is 5.01 Å². The molecule has 0 aliphatic carbocycles. The van der Waals surface area contributed by atoms with E-state index < -0.39 is 28.4 Å². The number of benzene rings is 2. The van der Waals surface area contributed by atoms with E-state index in [0.717, 1.165) is 27.6 Å². The fourth-order valence-electron chi connectivity index (χ4n) is 3.75. The summed E-state index contributed by atoms with van der Waals surface area (Å²) < 4.78 is 56.9. The smallest absolute Gasteiger partial charge is 0.469 e. The average Bonchev–Trinajstić information content (AvgIpc) is 2.88. The number of alkyl halides is 3. The van der Waals surface area contributed by atoms with Gasteiger partial charge in [-0.05, 0) is 76.6 Å². The first-order chi connectivity index (χ1) is 19.5. The molecule has 2 aromatic carbocycles. The first-order valence-corrected chi connectivity index (χ1v) is 14.0. The van der Waals surface area contributed by atoms with Gasteiger partial charge in [-0.15, -0.1) is 30.0 Å². The van der Waals surface area contributed by atoms with Crippen LogP contribution in [-0.2, 0) is 30.3 Å². The predicted octanol–water partition coefficient (Wildman–Crippen LogP) is 5.62. The third kappa shape index (κ3) is 10.5. The van der Waals surface area contributed by atoms with Gasteiger partial charge in [0.25, 0.3) is 5.91 Å². The van der Waals surface area contributed by atoms with Crippen LogP contribution in [0.25, 0.3) is 0 Å². The minimum absolute atomic E-state index is 0.255. The fourth-order valence-corrected chi connectivity index (χ4v) is 4.74. The zero-order valence-electron chi connectivity index (χ0n) is 24.5. The number of hydrogen-bond donors (Lipinski definition) is 0. The van der Waals surface area contributed by atoms with E-state index in [0.29, 0.717) is 19.7 Å². The minimum Gasteiger partial charge on any atom is -0.469 e. The Morgan fingerprint density at radius 3 is 2.24 bits per heavy atom. The highest BCUT2D eigenvalue weighted by Gasteiger charge is 2.34. The Labute approximate surface area is 247 Å². The normalized spacial score (nSPS) is 14.5. The van der Waals surface area contributed by atoms with Gasteiger partial charge < -0.3 is 18.9 Å². The summed E-state index contributed by atoms with van der Waals surface area (Å²) in [5, 5.41) is 5.41. The number of carbonyl (C=O) groups is 2. The molecule has 0 aromatic heterocycles. The number of methoxy groups -OCH3 is 1. The standard InChI is InChI=1S/C29H36F3N3O6S/c1-27(2,3)41-26(37)28(4,5)42-23-13-7-20(8-14-23)17-34(15-16-38-6)18-24-33-35(25(36)19-39-24)21-9-11-22(12-10-21)40-29(30,31)32/h7-14H,15-19H2,1-6H3. The molecule has 0 spiro atoms. The molecule has 1 aliphatic heterocycles. The van der Waals surface area contributed by atoms with E-state index >= 15 is 0 Å². The number of rotatable bonds is 12. The van der Waals surface area contributed by atoms with Gasteiger partial charge in [0.05, 0.1) is 18.8 Å². The highest BCUT2D eigenvalue weighted by molar-refractivity contribution is 8.01. The lowest BCUT2D eigenvalue weighted by Crippen LogP contribution is -2.41. The van der Waals surface area contributed by atoms with E-state index in [4.69, 9.17) is 14.2 Å². The number of halogens is 3. The molecule has 0 unspecified atom stereocenters. The monoisotopic (exact) mass is 611 g/mol. The Kier molecular flexibility index (Phi) is 10.9. The fraction of sp³-hybridized carbons (Fsp3) is 0.483. The van der Waals surface area contributed by atoms with Crippen molar-refractivity contribution in [3.8, 4) is 5.75 Å². The number of carbonyl (C=O) groups excluding carboxylic acids is 2. The molecule has 0 bridgehead atoms. The molecule has 3 rings (SSSR count). The average molecular weight is 612 g/mol. The molecule has 2 aromatic rings. The predicted molar refractivity (Wildman–Crippen MR) is 153 cm³/mol. The molecule has 0 saturated carbocycles. The topological polar surface area (TPSA) is 89.9 Å². The summed E-state index contributed by atoms with van der Waals surface area (Å²) in [5.74, 6) is -0.886. The first-order valence-electron chi connectivity index (χ1n) is 13.2. The zero-order chi connectivity index (χ0) is 31.1. The molecule has 0 saturated heterocycles. The lowest BCUT2D eigenvalue weighted by atomic mass is 10.1. The van der Waals surface area contributed by atoms with Crippen molar-refractivity contribution in [2.75, 3.05) is 38.4 Å². The maximum Gasteiger partial charge on any atom is 0.573 e. The summed E-state index contributed by atoms with van der Waals surface area (Å²) in [6, 6.07) is 12.7. The zero-order valence-corrected chi connectivity index (χ0v) is 25.3. The van der Waals surface area contributed by atoms with E-state index in [1.807, 2.05) is 63.8 Å². The lowest BCUT2D eigenvalue weighted by Gasteiger charge is -2.28. The Hall–Kier alpha value is -3.29. The van der Waals surface area contributed by atoms with Gasteiger partial charge in [-0.1, -0.05) is 12.1 Å². The highest BCUT2D eigenvalue weighted by Crippen LogP contribution is 2.35. The van der Waals surface area contributed by atoms with Crippen LogP contribution in [0.5, 0.6) is 5.75 Å². The van der Waals surface area contributed by atoms with Crippen molar-refractivity contribution in [1.29, 1.82) is 0 Å². The van der Waals surface area contributed by atoms with Crippen LogP contribution in [0.3, 0.4) is 0 Å². The number of nitrogens with zero attached hydrogens (tertiary/aromatic N) is 3. The van der Waals surface area contributed by atoms with Crippen LogP contribution < -0.4 is 9.75 Å². The summed E-state index contributed by atoms with van der Waals surface area (Å²) >= 11 is 1.42. The number of thioether (sulfide) groups is 1. The van der Waals surface area contributed by atoms with E-state index in [9.17, 15) is 22.8 Å². The van der Waals surface area contributed by atoms with Crippen LogP contribution in [0.1, 0.15) is 40.2 Å². The van der Waals surface area contributed by atoms with Crippen molar-refractivity contribution in [2.24, 2.45) is 5.10 Å². The summed E-state index contributed by atoms with van der Waals surface area (Å²) in [6.07, 6.45) is -4.82. The maximum absolute atomic E-state index is 12.6. The number of hydrazone groups is 1. The second-order valence-corrected chi connectivity index (χ2v) is 12.7. The lowest BCUT2D eigenvalue weighted by molar-refractivity contribution is -0.274. The maximum atomic E-state index is 12.6. The van der Waals surface area contributed by atoms with Crippen LogP contribution >= 0.6 is 11.8 Å². The summed E-state index contributed by atoms with van der Waals surface area (Å²) in [4.78, 5) is 28.0. The molecule has 1 amide bonds. The quantitative estimate of drug-likeness (QED) is 0.226. The van der Waals surface area contributed by atoms with Crippen molar-refractivity contribution in [1.82, 2.24) is 4.90 Å². The van der Waals surface area contributed by atoms with Gasteiger partial charge in [0.2, 0.25) is 5.90 Å². The van der Waals surface area contributed by atoms with Gasteiger partial charge in [0, 0.05) is 25.1 Å². The van der Waals surface area contributed by atoms with Crippen LogP contribution in [0.4, 0.5) is 18.9 Å². The van der Waals surface area contributed by atoms with Gasteiger partial charge in [-0.25, -0.2) is 0 Å². The molecule has 1 heterocycles. The summed E-state index contributed by atoms with van der Waals surface area (Å²) in [7, 11) is 1.60. The Bertz CT molecular complexity index is 1250. The number of esters is 1. The summed E-state index contributed by atoms with van der Waals surface area (Å²) in [6.45, 7) is 10.7. The molecule has 0 fully saturated rings. The molecule has 9 nitrogen and oxygen atoms in total. The van der Waals surface area contributed by atoms with Crippen molar-refractivity contribution >= 4 is 35.2 Å². The molecule has 0 atom stereocenters. The molecular weight excluding hydrogens is 575 g/mol. The Morgan fingerprint density at radius 1 is 1.02 bits per heavy atom. The van der Waals surface area contributed by atoms with E-state index in [1.165, 1.54) is 23.9 Å². The third-order valence-corrected chi connectivity index (χ3v) is 6.87. The summed E-state index contributed by atoms with van der Waals surface area (Å²) in [5.41, 5.74) is 0.702. The second-order valence-electron chi connectivity index (χ2n) is 11.0. The second kappa shape index (κ2) is 13.8. The van der Waals surface area contributed by atoms with E-state index in [1.54, 1.807) is 7.11 Å². The molecule has 230 valence electrons. The van der Waals surface area contributed by atoms with Crippen molar-refractivity contribution in [3.63, 3.8) is 0 Å². The minimum atomic E-state index is -4.82. The largest absolute Gasteiger partial charge is 0.573 e. The van der Waals surface area contributed by atoms with Crippen LogP contribution in [0.2, 0.25) is 0 Å². The molecule has 0 N–H and O–H groups in total. The van der Waals surface area contributed by atoms with Gasteiger partial charge in [-0.3, -0.25) is 14.5 Å². The number of amides is 1. The Balaban J connectivity index is 1.68. The molecular formula is C29H36F3N3O6S. The van der Waals surface area contributed by atoms with Gasteiger partial charge in [0.15, 0.2) is 6.61 Å². The SMILES string of the molecule is COCCN(CC1=NN(c2ccc(OC(F)(F)F)cc2)C(=O)CO1)Cc1ccc(SC(C)(C)C(=O)OC(C)(C)C)cc1. The molecule has 42 heavy (non-hydrogen) atoms. The highest BCUT2D eigenvalue weighted by atomic mass is 32.2. The van der Waals surface area contributed by atoms with Crippen molar-refractivity contribution < 1.29 is 41.7 Å². The van der Waals surface area contributed by atoms with Crippen LogP contribution in [-0.4, -0.2) is 72.8 Å². The Morgan fingerprint density at radius 2 is 1.67 bits per heavy atom. The van der Waals surface area contributed by atoms with Crippen LogP contribution in [0, 0.1) is 0 Å². The number of ether oxygens (including phenoxy) is 4. The van der Waals surface area contributed by atoms with Crippen molar-refractivity contribution in [3.05, 3.63) is 54.1 Å². The first kappa shape index (κ1) is 33.2. The molecule has 1 aliphatic rings. The van der Waals surface area contributed by atoms with Gasteiger partial charge >= 0.3 is 12.3 Å². The number of hydrogen-bond acceptors (Lipinski definition) is 9. The third-order valence-electron chi connectivity index (χ3n) is 5.69. The van der Waals surface area contributed by atoms with Gasteiger partial charge in [0.1, 0.15) is 16.1 Å². The van der Waals surface area contributed by atoms with E-state index in [2.05, 4.69) is 9.84 Å². The molecule has 0 radical (unpaired) electrons. The van der Waals surface area contributed by atoms with Crippen LogP contribution in [0.15, 0.2) is 58.5 Å². The number of anilines is 1. The van der Waals surface area contributed by atoms with E-state index in [-0.39, 0.29) is 30.7 Å².